The second-order valence-corrected chi connectivity index (χ2v) is 4.62. The minimum Gasteiger partial charge on any atom is -0.405 e. The lowest BCUT2D eigenvalue weighted by molar-refractivity contribution is 1.26. The summed E-state index contributed by atoms with van der Waals surface area (Å²) >= 11 is 0. The van der Waals surface area contributed by atoms with Gasteiger partial charge in [0, 0.05) is 23.3 Å². The quantitative estimate of drug-likeness (QED) is 0.409. The first kappa shape index (κ1) is 17.2. The van der Waals surface area contributed by atoms with Crippen molar-refractivity contribution in [1.82, 2.24) is 0 Å². The van der Waals surface area contributed by atoms with Crippen LogP contribution in [-0.2, 0) is 0 Å². The summed E-state index contributed by atoms with van der Waals surface area (Å²) < 4.78 is 0. The summed E-state index contributed by atoms with van der Waals surface area (Å²) in [4.78, 5) is 4.18. The average molecular weight is 294 g/mol. The van der Waals surface area contributed by atoms with Crippen LogP contribution in [0.15, 0.2) is 78.1 Å². The van der Waals surface area contributed by atoms with E-state index in [2.05, 4.69) is 18.2 Å². The fourth-order valence-corrected chi connectivity index (χ4v) is 1.91. The van der Waals surface area contributed by atoms with Crippen molar-refractivity contribution in [2.24, 2.45) is 16.5 Å². The fraction of sp³-hybridized carbons (Fsp3) is 0.111. The van der Waals surface area contributed by atoms with Gasteiger partial charge in [-0.1, -0.05) is 43.5 Å². The highest BCUT2D eigenvalue weighted by Crippen LogP contribution is 2.15. The number of nitrogens with one attached hydrogen (secondary N) is 1. The predicted octanol–water partition coefficient (Wildman–Crippen LogP) is 3.27. The maximum atomic E-state index is 8.33. The Labute approximate surface area is 131 Å². The van der Waals surface area contributed by atoms with Gasteiger partial charge in [-0.2, -0.15) is 0 Å². The van der Waals surface area contributed by atoms with Crippen molar-refractivity contribution in [2.45, 2.75) is 13.3 Å². The maximum absolute atomic E-state index is 8.33. The number of nitrogens with two attached hydrogens (primary N) is 2. The number of benzene rings is 1. The number of amidine groups is 1. The molecule has 0 spiro atoms. The van der Waals surface area contributed by atoms with Gasteiger partial charge in [-0.3, -0.25) is 0 Å². The first-order valence-electron chi connectivity index (χ1n) is 6.89. The number of rotatable bonds is 7. The predicted molar refractivity (Wildman–Crippen MR) is 95.0 cm³/mol. The molecule has 0 saturated heterocycles. The molecular weight excluding hydrogens is 272 g/mol. The van der Waals surface area contributed by atoms with Gasteiger partial charge in [-0.25, -0.2) is 4.99 Å². The lowest BCUT2D eigenvalue weighted by atomic mass is 9.97. The van der Waals surface area contributed by atoms with Gasteiger partial charge in [0.05, 0.1) is 5.70 Å². The summed E-state index contributed by atoms with van der Waals surface area (Å²) in [6.07, 6.45) is 7.19. The van der Waals surface area contributed by atoms with Gasteiger partial charge in [-0.15, -0.1) is 0 Å². The van der Waals surface area contributed by atoms with Crippen LogP contribution in [0, 0.1) is 5.41 Å². The van der Waals surface area contributed by atoms with E-state index in [0.717, 1.165) is 11.1 Å². The van der Waals surface area contributed by atoms with Crippen molar-refractivity contribution in [3.63, 3.8) is 0 Å². The SMILES string of the molecule is C=CC(=C)N=C(N)c1ccccc1C(=N)CC(/C=C\N)=C/C. The number of hydrogen-bond donors (Lipinski definition) is 3. The third-order valence-electron chi connectivity index (χ3n) is 3.09. The molecule has 0 atom stereocenters. The Bertz CT molecular complexity index is 663. The summed E-state index contributed by atoms with van der Waals surface area (Å²) in [5.74, 6) is 0.321. The molecule has 4 nitrogen and oxygen atoms in total. The molecule has 0 fully saturated rings. The minimum atomic E-state index is 0.321. The van der Waals surface area contributed by atoms with Crippen LogP contribution in [0.2, 0.25) is 0 Å². The molecule has 1 aromatic rings. The van der Waals surface area contributed by atoms with Gasteiger partial charge in [0.1, 0.15) is 5.84 Å². The molecule has 114 valence electrons. The molecule has 0 heterocycles. The molecule has 4 heteroatoms. The topological polar surface area (TPSA) is 88.2 Å². The average Bonchev–Trinajstić information content (AvgIpc) is 2.53. The van der Waals surface area contributed by atoms with Crippen molar-refractivity contribution in [1.29, 1.82) is 5.41 Å². The minimum absolute atomic E-state index is 0.321. The summed E-state index contributed by atoms with van der Waals surface area (Å²) in [5.41, 5.74) is 14.8. The second kappa shape index (κ2) is 8.42. The largest absolute Gasteiger partial charge is 0.405 e. The maximum Gasteiger partial charge on any atom is 0.131 e. The van der Waals surface area contributed by atoms with Gasteiger partial charge >= 0.3 is 0 Å². The standard InChI is InChI=1S/C18H22N4/c1-4-13(3)22-18(21)16-9-7-6-8-15(16)17(20)12-14(5-2)10-11-19/h4-11,20H,1,3,12,19H2,2H3,(H2,21,22)/b11-10-,14-5+,20-17?. The first-order chi connectivity index (χ1) is 10.5. The zero-order chi connectivity index (χ0) is 16.5. The molecule has 0 aliphatic carbocycles. The van der Waals surface area contributed by atoms with E-state index < -0.39 is 0 Å². The summed E-state index contributed by atoms with van der Waals surface area (Å²) in [6.45, 7) is 9.25. The molecule has 22 heavy (non-hydrogen) atoms. The molecular formula is C18H22N4. The van der Waals surface area contributed by atoms with Gasteiger partial charge in [0.15, 0.2) is 0 Å². The fourth-order valence-electron chi connectivity index (χ4n) is 1.91. The number of hydrogen-bond acceptors (Lipinski definition) is 3. The van der Waals surface area contributed by atoms with E-state index in [9.17, 15) is 0 Å². The van der Waals surface area contributed by atoms with E-state index in [4.69, 9.17) is 16.9 Å². The van der Waals surface area contributed by atoms with E-state index >= 15 is 0 Å². The Hall–Kier alpha value is -2.88. The summed E-state index contributed by atoms with van der Waals surface area (Å²) in [7, 11) is 0. The Balaban J connectivity index is 3.16. The molecule has 0 radical (unpaired) electrons. The summed E-state index contributed by atoms with van der Waals surface area (Å²) in [5, 5.41) is 8.33. The number of nitrogens with zero attached hydrogens (tertiary/aromatic N) is 1. The Kier molecular flexibility index (Phi) is 6.57. The molecule has 0 aromatic heterocycles. The van der Waals surface area contributed by atoms with E-state index in [-0.39, 0.29) is 0 Å². The van der Waals surface area contributed by atoms with Crippen LogP contribution < -0.4 is 11.5 Å². The molecule has 5 N–H and O–H groups in total. The summed E-state index contributed by atoms with van der Waals surface area (Å²) in [6, 6.07) is 7.43. The van der Waals surface area contributed by atoms with E-state index in [1.165, 1.54) is 12.3 Å². The zero-order valence-electron chi connectivity index (χ0n) is 12.8. The van der Waals surface area contributed by atoms with Crippen molar-refractivity contribution in [3.8, 4) is 0 Å². The smallest absolute Gasteiger partial charge is 0.131 e. The highest BCUT2D eigenvalue weighted by Gasteiger charge is 2.11. The van der Waals surface area contributed by atoms with Gasteiger partial charge in [0.25, 0.3) is 0 Å². The third kappa shape index (κ3) is 4.59. The lowest BCUT2D eigenvalue weighted by Gasteiger charge is -2.11. The van der Waals surface area contributed by atoms with Crippen LogP contribution in [0.4, 0.5) is 0 Å². The van der Waals surface area contributed by atoms with Crippen molar-refractivity contribution >= 4 is 11.5 Å². The van der Waals surface area contributed by atoms with Crippen LogP contribution in [0.5, 0.6) is 0 Å². The molecule has 0 bridgehead atoms. The Morgan fingerprint density at radius 2 is 1.95 bits per heavy atom. The van der Waals surface area contributed by atoms with E-state index in [0.29, 0.717) is 29.2 Å². The third-order valence-corrected chi connectivity index (χ3v) is 3.09. The zero-order valence-corrected chi connectivity index (χ0v) is 12.8. The normalized spacial score (nSPS) is 12.4. The van der Waals surface area contributed by atoms with Gasteiger partial charge in [-0.05, 0) is 30.8 Å². The molecule has 0 unspecified atom stereocenters. The molecule has 0 aliphatic heterocycles. The van der Waals surface area contributed by atoms with Gasteiger partial charge < -0.3 is 16.9 Å². The lowest BCUT2D eigenvalue weighted by Crippen LogP contribution is -2.18. The second-order valence-electron chi connectivity index (χ2n) is 4.62. The van der Waals surface area contributed by atoms with Crippen molar-refractivity contribution in [3.05, 3.63) is 84.2 Å². The number of allylic oxidation sites excluding steroid dienone is 4. The van der Waals surface area contributed by atoms with Crippen molar-refractivity contribution < 1.29 is 0 Å². The van der Waals surface area contributed by atoms with Gasteiger partial charge in [0.2, 0.25) is 0 Å². The van der Waals surface area contributed by atoms with E-state index in [1.807, 2.05) is 37.3 Å². The number of aliphatic imine (C=N–C) groups is 1. The molecule has 1 aromatic carbocycles. The Morgan fingerprint density at radius 3 is 2.50 bits per heavy atom. The van der Waals surface area contributed by atoms with Crippen molar-refractivity contribution in [2.75, 3.05) is 0 Å². The van der Waals surface area contributed by atoms with Crippen LogP contribution >= 0.6 is 0 Å². The van der Waals surface area contributed by atoms with E-state index in [1.54, 1.807) is 6.08 Å². The highest BCUT2D eigenvalue weighted by atomic mass is 14.9. The highest BCUT2D eigenvalue weighted by molar-refractivity contribution is 6.11. The molecule has 0 saturated carbocycles. The Morgan fingerprint density at radius 1 is 1.32 bits per heavy atom. The van der Waals surface area contributed by atoms with Crippen LogP contribution in [-0.4, -0.2) is 11.5 Å². The van der Waals surface area contributed by atoms with Crippen LogP contribution in [0.25, 0.3) is 0 Å². The first-order valence-corrected chi connectivity index (χ1v) is 6.89. The molecule has 0 aliphatic rings. The van der Waals surface area contributed by atoms with Crippen LogP contribution in [0.3, 0.4) is 0 Å². The molecule has 1 rings (SSSR count). The molecule has 0 amide bonds. The monoisotopic (exact) mass is 294 g/mol. The van der Waals surface area contributed by atoms with Crippen LogP contribution in [0.1, 0.15) is 24.5 Å².